The zero-order valence-corrected chi connectivity index (χ0v) is 16.1. The van der Waals surface area contributed by atoms with E-state index in [4.69, 9.17) is 16.3 Å². The highest BCUT2D eigenvalue weighted by Crippen LogP contribution is 2.31. The van der Waals surface area contributed by atoms with Crippen LogP contribution in [0, 0.1) is 5.92 Å². The van der Waals surface area contributed by atoms with Crippen molar-refractivity contribution in [2.24, 2.45) is 5.92 Å². The van der Waals surface area contributed by atoms with Crippen LogP contribution in [0.5, 0.6) is 5.75 Å². The van der Waals surface area contributed by atoms with Crippen LogP contribution in [0.2, 0.25) is 5.02 Å². The number of halogens is 1. The molecule has 7 heteroatoms. The molecular formula is C19H26ClN3O3. The first-order valence-corrected chi connectivity index (χ1v) is 9.58. The first-order valence-electron chi connectivity index (χ1n) is 9.20. The molecule has 3 rings (SSSR count). The molecule has 1 aliphatic carbocycles. The molecule has 0 unspecified atom stereocenters. The van der Waals surface area contributed by atoms with Crippen LogP contribution in [-0.2, 0) is 9.59 Å². The van der Waals surface area contributed by atoms with Gasteiger partial charge in [-0.25, -0.2) is 0 Å². The van der Waals surface area contributed by atoms with E-state index in [0.717, 1.165) is 18.5 Å². The lowest BCUT2D eigenvalue weighted by Crippen LogP contribution is -2.52. The Morgan fingerprint density at radius 1 is 1.19 bits per heavy atom. The lowest BCUT2D eigenvalue weighted by atomic mass is 10.2. The van der Waals surface area contributed by atoms with Crippen LogP contribution in [-0.4, -0.2) is 60.4 Å². The fourth-order valence-electron chi connectivity index (χ4n) is 3.01. The largest absolute Gasteiger partial charge is 0.489 e. The fraction of sp³-hybridized carbons (Fsp3) is 0.579. The van der Waals surface area contributed by atoms with E-state index in [0.29, 0.717) is 37.0 Å². The standard InChI is InChI=1S/C19H26ClN3O3/c1-13(2)26-17-6-5-15(11-16(17)20)21-12-18(24)22-7-9-23(10-8-22)19(25)14-3-4-14/h5-6,11,13-14,21H,3-4,7-10,12H2,1-2H3. The topological polar surface area (TPSA) is 61.9 Å². The Hall–Kier alpha value is -1.95. The third kappa shape index (κ3) is 4.81. The Bertz CT molecular complexity index is 668. The van der Waals surface area contributed by atoms with Gasteiger partial charge in [-0.2, -0.15) is 0 Å². The van der Waals surface area contributed by atoms with Crippen molar-refractivity contribution in [3.05, 3.63) is 23.2 Å². The second kappa shape index (κ2) is 8.16. The number of carbonyl (C=O) groups excluding carboxylic acids is 2. The van der Waals surface area contributed by atoms with Gasteiger partial charge >= 0.3 is 0 Å². The summed E-state index contributed by atoms with van der Waals surface area (Å²) in [6.45, 7) is 6.56. The summed E-state index contributed by atoms with van der Waals surface area (Å²) in [6.07, 6.45) is 2.09. The van der Waals surface area contributed by atoms with Gasteiger partial charge < -0.3 is 19.9 Å². The summed E-state index contributed by atoms with van der Waals surface area (Å²) in [5.41, 5.74) is 0.780. The third-order valence-corrected chi connectivity index (χ3v) is 4.90. The van der Waals surface area contributed by atoms with Crippen molar-refractivity contribution in [2.75, 3.05) is 38.0 Å². The molecule has 142 valence electrons. The monoisotopic (exact) mass is 379 g/mol. The SMILES string of the molecule is CC(C)Oc1ccc(NCC(=O)N2CCN(C(=O)C3CC3)CC2)cc1Cl. The molecule has 2 aliphatic rings. The van der Waals surface area contributed by atoms with E-state index in [2.05, 4.69) is 5.32 Å². The van der Waals surface area contributed by atoms with Crippen LogP contribution in [0.4, 0.5) is 5.69 Å². The first-order chi connectivity index (χ1) is 12.4. The van der Waals surface area contributed by atoms with Gasteiger partial charge in [-0.05, 0) is 44.9 Å². The molecule has 1 N–H and O–H groups in total. The first kappa shape index (κ1) is 18.8. The zero-order chi connectivity index (χ0) is 18.7. The quantitative estimate of drug-likeness (QED) is 0.825. The summed E-state index contributed by atoms with van der Waals surface area (Å²) in [6, 6.07) is 5.42. The second-order valence-electron chi connectivity index (χ2n) is 7.15. The van der Waals surface area contributed by atoms with Crippen molar-refractivity contribution < 1.29 is 14.3 Å². The van der Waals surface area contributed by atoms with Gasteiger partial charge in [0.15, 0.2) is 0 Å². The van der Waals surface area contributed by atoms with E-state index in [1.807, 2.05) is 29.7 Å². The molecule has 0 atom stereocenters. The van der Waals surface area contributed by atoms with Crippen molar-refractivity contribution in [1.82, 2.24) is 9.80 Å². The van der Waals surface area contributed by atoms with E-state index in [9.17, 15) is 9.59 Å². The Morgan fingerprint density at radius 3 is 2.42 bits per heavy atom. The number of hydrogen-bond acceptors (Lipinski definition) is 4. The van der Waals surface area contributed by atoms with Gasteiger partial charge in [-0.1, -0.05) is 11.6 Å². The van der Waals surface area contributed by atoms with E-state index in [1.54, 1.807) is 12.1 Å². The number of nitrogens with zero attached hydrogens (tertiary/aromatic N) is 2. The van der Waals surface area contributed by atoms with Crippen molar-refractivity contribution >= 4 is 29.1 Å². The van der Waals surface area contributed by atoms with Gasteiger partial charge in [0.25, 0.3) is 0 Å². The minimum atomic E-state index is 0.0298. The molecule has 2 amide bonds. The van der Waals surface area contributed by atoms with Gasteiger partial charge in [0, 0.05) is 37.8 Å². The number of anilines is 1. The average Bonchev–Trinajstić information content (AvgIpc) is 3.46. The predicted octanol–water partition coefficient (Wildman–Crippen LogP) is 2.62. The predicted molar refractivity (Wildman–Crippen MR) is 102 cm³/mol. The average molecular weight is 380 g/mol. The summed E-state index contributed by atoms with van der Waals surface area (Å²) in [5.74, 6) is 1.16. The van der Waals surface area contributed by atoms with Gasteiger partial charge in [0.1, 0.15) is 5.75 Å². The molecule has 26 heavy (non-hydrogen) atoms. The lowest BCUT2D eigenvalue weighted by Gasteiger charge is -2.35. The molecule has 0 bridgehead atoms. The van der Waals surface area contributed by atoms with Crippen molar-refractivity contribution in [1.29, 1.82) is 0 Å². The molecule has 0 radical (unpaired) electrons. The molecule has 6 nitrogen and oxygen atoms in total. The summed E-state index contributed by atoms with van der Waals surface area (Å²) in [7, 11) is 0. The molecule has 1 aromatic carbocycles. The Kier molecular flexibility index (Phi) is 5.91. The van der Waals surface area contributed by atoms with Gasteiger partial charge in [-0.3, -0.25) is 9.59 Å². The number of nitrogens with one attached hydrogen (secondary N) is 1. The molecule has 2 fully saturated rings. The second-order valence-corrected chi connectivity index (χ2v) is 7.55. The number of rotatable bonds is 6. The highest BCUT2D eigenvalue weighted by atomic mass is 35.5. The van der Waals surface area contributed by atoms with E-state index >= 15 is 0 Å². The summed E-state index contributed by atoms with van der Waals surface area (Å²) in [4.78, 5) is 28.2. The molecule has 0 aromatic heterocycles. The van der Waals surface area contributed by atoms with Gasteiger partial charge in [0.2, 0.25) is 11.8 Å². The number of amides is 2. The molecular weight excluding hydrogens is 354 g/mol. The highest BCUT2D eigenvalue weighted by molar-refractivity contribution is 6.32. The molecule has 1 saturated carbocycles. The summed E-state index contributed by atoms with van der Waals surface area (Å²) in [5, 5.41) is 3.63. The molecule has 1 heterocycles. The third-order valence-electron chi connectivity index (χ3n) is 4.61. The minimum Gasteiger partial charge on any atom is -0.489 e. The van der Waals surface area contributed by atoms with Gasteiger partial charge in [0.05, 0.1) is 17.7 Å². The summed E-state index contributed by atoms with van der Waals surface area (Å²) >= 11 is 6.22. The van der Waals surface area contributed by atoms with Crippen LogP contribution < -0.4 is 10.1 Å². The molecule has 1 saturated heterocycles. The molecule has 1 aromatic rings. The maximum Gasteiger partial charge on any atom is 0.241 e. The summed E-state index contributed by atoms with van der Waals surface area (Å²) < 4.78 is 5.60. The Balaban J connectivity index is 1.45. The number of benzene rings is 1. The smallest absolute Gasteiger partial charge is 0.241 e. The van der Waals surface area contributed by atoms with Crippen LogP contribution in [0.1, 0.15) is 26.7 Å². The van der Waals surface area contributed by atoms with Crippen molar-refractivity contribution in [2.45, 2.75) is 32.8 Å². The molecule has 1 aliphatic heterocycles. The van der Waals surface area contributed by atoms with E-state index in [-0.39, 0.29) is 30.4 Å². The number of hydrogen-bond donors (Lipinski definition) is 1. The van der Waals surface area contributed by atoms with Crippen LogP contribution in [0.25, 0.3) is 0 Å². The Morgan fingerprint density at radius 2 is 1.85 bits per heavy atom. The Labute approximate surface area is 159 Å². The fourth-order valence-corrected chi connectivity index (χ4v) is 3.24. The molecule has 0 spiro atoms. The maximum absolute atomic E-state index is 12.4. The minimum absolute atomic E-state index is 0.0298. The van der Waals surface area contributed by atoms with Gasteiger partial charge in [-0.15, -0.1) is 0 Å². The van der Waals surface area contributed by atoms with E-state index < -0.39 is 0 Å². The van der Waals surface area contributed by atoms with Crippen LogP contribution >= 0.6 is 11.6 Å². The maximum atomic E-state index is 12.4. The van der Waals surface area contributed by atoms with Crippen molar-refractivity contribution in [3.63, 3.8) is 0 Å². The number of ether oxygens (including phenoxy) is 1. The van der Waals surface area contributed by atoms with E-state index in [1.165, 1.54) is 0 Å². The zero-order valence-electron chi connectivity index (χ0n) is 15.3. The number of carbonyl (C=O) groups is 2. The highest BCUT2D eigenvalue weighted by Gasteiger charge is 2.35. The normalized spacial score (nSPS) is 17.4. The van der Waals surface area contributed by atoms with Crippen LogP contribution in [0.3, 0.4) is 0 Å². The van der Waals surface area contributed by atoms with Crippen molar-refractivity contribution in [3.8, 4) is 5.75 Å². The number of piperazine rings is 1. The van der Waals surface area contributed by atoms with Crippen LogP contribution in [0.15, 0.2) is 18.2 Å². The lowest BCUT2D eigenvalue weighted by molar-refractivity contribution is -0.139.